The fourth-order valence-corrected chi connectivity index (χ4v) is 1.55. The zero-order valence-electron chi connectivity index (χ0n) is 9.91. The Bertz CT molecular complexity index is 417. The van der Waals surface area contributed by atoms with E-state index in [0.717, 1.165) is 0 Å². The largest absolute Gasteiger partial charge is 0.497 e. The molecule has 0 amide bonds. The number of carboxylic acid groups (broad SMARTS) is 1. The van der Waals surface area contributed by atoms with Gasteiger partial charge in [0.05, 0.1) is 18.8 Å². The average molecular weight is 256 g/mol. The Kier molecular flexibility index (Phi) is 5.08. The van der Waals surface area contributed by atoms with Crippen molar-refractivity contribution in [2.75, 3.05) is 13.7 Å². The monoisotopic (exact) mass is 256 g/mol. The summed E-state index contributed by atoms with van der Waals surface area (Å²) < 4.78 is 4.93. The lowest BCUT2D eigenvalue weighted by molar-refractivity contribution is 0.00406. The number of aliphatic hydroxyl groups excluding tert-OH is 3. The van der Waals surface area contributed by atoms with E-state index in [1.807, 2.05) is 0 Å². The van der Waals surface area contributed by atoms with E-state index < -0.39 is 18.2 Å². The molecule has 100 valence electrons. The lowest BCUT2D eigenvalue weighted by Gasteiger charge is -2.18. The molecule has 18 heavy (non-hydrogen) atoms. The lowest BCUT2D eigenvalue weighted by atomic mass is 10.00. The van der Waals surface area contributed by atoms with Crippen LogP contribution in [0.5, 0.6) is 5.75 Å². The highest BCUT2D eigenvalue weighted by Crippen LogP contribution is 2.25. The number of carboxylic acids is 1. The van der Waals surface area contributed by atoms with Crippen LogP contribution >= 0.6 is 0 Å². The smallest absolute Gasteiger partial charge is 0.335 e. The lowest BCUT2D eigenvalue weighted by Crippen LogP contribution is -2.20. The van der Waals surface area contributed by atoms with Gasteiger partial charge in [0.15, 0.2) is 0 Å². The van der Waals surface area contributed by atoms with E-state index in [1.165, 1.54) is 25.3 Å². The van der Waals surface area contributed by atoms with Gasteiger partial charge in [0.25, 0.3) is 0 Å². The number of ether oxygens (including phenoxy) is 1. The topological polar surface area (TPSA) is 107 Å². The second-order valence-electron chi connectivity index (χ2n) is 3.82. The maximum atomic E-state index is 10.9. The third kappa shape index (κ3) is 3.43. The number of rotatable bonds is 6. The first-order valence-electron chi connectivity index (χ1n) is 5.39. The molecule has 2 atom stereocenters. The van der Waals surface area contributed by atoms with Crippen molar-refractivity contribution in [1.29, 1.82) is 0 Å². The summed E-state index contributed by atoms with van der Waals surface area (Å²) in [5, 5.41) is 37.0. The number of methoxy groups -OCH3 is 1. The number of hydrogen-bond acceptors (Lipinski definition) is 5. The van der Waals surface area contributed by atoms with Gasteiger partial charge in [-0.2, -0.15) is 0 Å². The Morgan fingerprint density at radius 3 is 2.50 bits per heavy atom. The molecule has 6 nitrogen and oxygen atoms in total. The summed E-state index contributed by atoms with van der Waals surface area (Å²) in [7, 11) is 1.38. The van der Waals surface area contributed by atoms with E-state index in [9.17, 15) is 15.0 Å². The van der Waals surface area contributed by atoms with E-state index >= 15 is 0 Å². The minimum atomic E-state index is -1.27. The van der Waals surface area contributed by atoms with Gasteiger partial charge in [-0.1, -0.05) is 0 Å². The molecule has 6 heteroatoms. The molecule has 0 saturated carbocycles. The van der Waals surface area contributed by atoms with Crippen LogP contribution in [0.1, 0.15) is 28.4 Å². The summed E-state index contributed by atoms with van der Waals surface area (Å²) in [6.07, 6.45) is -2.44. The van der Waals surface area contributed by atoms with Crippen LogP contribution < -0.4 is 4.74 Å². The second-order valence-corrected chi connectivity index (χ2v) is 3.82. The molecule has 1 aromatic carbocycles. The Balaban J connectivity index is 3.07. The van der Waals surface area contributed by atoms with Crippen molar-refractivity contribution in [1.82, 2.24) is 0 Å². The van der Waals surface area contributed by atoms with Gasteiger partial charge in [0.1, 0.15) is 11.9 Å². The third-order valence-electron chi connectivity index (χ3n) is 2.54. The van der Waals surface area contributed by atoms with Crippen molar-refractivity contribution in [3.63, 3.8) is 0 Å². The fraction of sp³-hybridized carbons (Fsp3) is 0.417. The summed E-state index contributed by atoms with van der Waals surface area (Å²) in [6, 6.07) is 4.02. The molecule has 4 N–H and O–H groups in total. The van der Waals surface area contributed by atoms with E-state index in [-0.39, 0.29) is 29.9 Å². The third-order valence-corrected chi connectivity index (χ3v) is 2.54. The predicted octanol–water partition coefficient (Wildman–Crippen LogP) is 0.170. The standard InChI is InChI=1S/C12H16O6/c1-18-9-5-7(4-8(6-9)12(16)17)11(15)10(14)2-3-13/h4-6,10-11,13-15H,2-3H2,1H3,(H,16,17). The van der Waals surface area contributed by atoms with Gasteiger partial charge in [-0.25, -0.2) is 4.79 Å². The highest BCUT2D eigenvalue weighted by Gasteiger charge is 2.20. The van der Waals surface area contributed by atoms with Crippen LogP contribution in [-0.2, 0) is 0 Å². The van der Waals surface area contributed by atoms with Gasteiger partial charge in [0.2, 0.25) is 0 Å². The molecule has 1 aromatic rings. The molecule has 0 aliphatic carbocycles. The van der Waals surface area contributed by atoms with Crippen LogP contribution in [0.2, 0.25) is 0 Å². The maximum absolute atomic E-state index is 10.9. The molecule has 0 aliphatic rings. The summed E-state index contributed by atoms with van der Waals surface area (Å²) in [4.78, 5) is 10.9. The van der Waals surface area contributed by atoms with Gasteiger partial charge in [-0.3, -0.25) is 0 Å². The molecular weight excluding hydrogens is 240 g/mol. The van der Waals surface area contributed by atoms with Crippen LogP contribution in [0.15, 0.2) is 18.2 Å². The number of aromatic carboxylic acids is 1. The molecule has 0 bridgehead atoms. The van der Waals surface area contributed by atoms with Crippen LogP contribution in [0.25, 0.3) is 0 Å². The minimum Gasteiger partial charge on any atom is -0.497 e. The van der Waals surface area contributed by atoms with Crippen molar-refractivity contribution in [3.8, 4) is 5.75 Å². The van der Waals surface area contributed by atoms with Crippen molar-refractivity contribution < 1.29 is 30.0 Å². The Morgan fingerprint density at radius 2 is 2.00 bits per heavy atom. The SMILES string of the molecule is COc1cc(C(=O)O)cc(C(O)C(O)CCO)c1. The number of hydrogen-bond donors (Lipinski definition) is 4. The molecular formula is C12H16O6. The zero-order valence-corrected chi connectivity index (χ0v) is 9.91. The van der Waals surface area contributed by atoms with E-state index in [2.05, 4.69) is 0 Å². The Labute approximate surface area is 104 Å². The van der Waals surface area contributed by atoms with Crippen molar-refractivity contribution in [3.05, 3.63) is 29.3 Å². The van der Waals surface area contributed by atoms with E-state index in [4.69, 9.17) is 14.9 Å². The van der Waals surface area contributed by atoms with Crippen molar-refractivity contribution in [2.24, 2.45) is 0 Å². The number of benzene rings is 1. The van der Waals surface area contributed by atoms with Gasteiger partial charge >= 0.3 is 5.97 Å². The van der Waals surface area contributed by atoms with Crippen molar-refractivity contribution in [2.45, 2.75) is 18.6 Å². The van der Waals surface area contributed by atoms with Crippen LogP contribution in [0.3, 0.4) is 0 Å². The molecule has 2 unspecified atom stereocenters. The number of aliphatic hydroxyl groups is 3. The first-order chi connectivity index (χ1) is 8.49. The van der Waals surface area contributed by atoms with Gasteiger partial charge in [-0.05, 0) is 30.2 Å². The highest BCUT2D eigenvalue weighted by molar-refractivity contribution is 5.88. The predicted molar refractivity (Wildman–Crippen MR) is 62.6 cm³/mol. The van der Waals surface area contributed by atoms with Gasteiger partial charge < -0.3 is 25.2 Å². The Morgan fingerprint density at radius 1 is 1.33 bits per heavy atom. The maximum Gasteiger partial charge on any atom is 0.335 e. The van der Waals surface area contributed by atoms with E-state index in [1.54, 1.807) is 0 Å². The van der Waals surface area contributed by atoms with Crippen molar-refractivity contribution >= 4 is 5.97 Å². The minimum absolute atomic E-state index is 0.000775. The molecule has 0 spiro atoms. The van der Waals surface area contributed by atoms with E-state index in [0.29, 0.717) is 0 Å². The zero-order chi connectivity index (χ0) is 13.7. The van der Waals surface area contributed by atoms with Gasteiger partial charge in [-0.15, -0.1) is 0 Å². The fourth-order valence-electron chi connectivity index (χ4n) is 1.55. The highest BCUT2D eigenvalue weighted by atomic mass is 16.5. The Hall–Kier alpha value is -1.63. The normalized spacial score (nSPS) is 14.0. The first-order valence-corrected chi connectivity index (χ1v) is 5.39. The summed E-state index contributed by atoms with van der Waals surface area (Å²) in [5.74, 6) is -0.876. The molecule has 0 aromatic heterocycles. The quantitative estimate of drug-likeness (QED) is 0.578. The molecule has 0 radical (unpaired) electrons. The van der Waals surface area contributed by atoms with Crippen LogP contribution in [0, 0.1) is 0 Å². The summed E-state index contributed by atoms with van der Waals surface area (Å²) >= 11 is 0. The molecule has 0 fully saturated rings. The first kappa shape index (κ1) is 14.4. The molecule has 0 saturated heterocycles. The summed E-state index contributed by atoms with van der Waals surface area (Å²) in [6.45, 7) is -0.270. The molecule has 0 heterocycles. The second kappa shape index (κ2) is 6.34. The molecule has 0 aliphatic heterocycles. The van der Waals surface area contributed by atoms with Crippen LogP contribution in [-0.4, -0.2) is 46.2 Å². The number of carbonyl (C=O) groups is 1. The summed E-state index contributed by atoms with van der Waals surface area (Å²) in [5.41, 5.74) is 0.187. The van der Waals surface area contributed by atoms with Crippen LogP contribution in [0.4, 0.5) is 0 Å². The average Bonchev–Trinajstić information content (AvgIpc) is 2.37. The molecule has 1 rings (SSSR count). The van der Waals surface area contributed by atoms with Gasteiger partial charge in [0, 0.05) is 6.61 Å².